The third-order valence-corrected chi connectivity index (χ3v) is 2.80. The molecule has 3 heterocycles. The Hall–Kier alpha value is -1.66. The second-order valence-electron chi connectivity index (χ2n) is 3.80. The summed E-state index contributed by atoms with van der Waals surface area (Å²) in [4.78, 5) is 14.6. The van der Waals surface area contributed by atoms with Gasteiger partial charge in [0.15, 0.2) is 5.76 Å². The topological polar surface area (TPSA) is 64.3 Å². The van der Waals surface area contributed by atoms with Gasteiger partial charge in [-0.1, -0.05) is 0 Å². The van der Waals surface area contributed by atoms with E-state index < -0.39 is 0 Å². The number of furan rings is 1. The number of hydrogen-bond acceptors (Lipinski definition) is 6. The zero-order valence-electron chi connectivity index (χ0n) is 9.54. The van der Waals surface area contributed by atoms with Gasteiger partial charge in [0.1, 0.15) is 0 Å². The Morgan fingerprint density at radius 2 is 2.00 bits per heavy atom. The fraction of sp³-hybridized carbons (Fsp3) is 0.364. The van der Waals surface area contributed by atoms with Crippen molar-refractivity contribution in [3.8, 4) is 11.6 Å². The minimum Gasteiger partial charge on any atom is -0.461 e. The van der Waals surface area contributed by atoms with Crippen LogP contribution in [-0.4, -0.2) is 41.3 Å². The average molecular weight is 267 g/mol. The van der Waals surface area contributed by atoms with E-state index in [0.717, 1.165) is 13.1 Å². The van der Waals surface area contributed by atoms with Crippen LogP contribution in [0.1, 0.15) is 0 Å². The molecule has 0 spiro atoms. The monoisotopic (exact) mass is 266 g/mol. The molecule has 6 nitrogen and oxygen atoms in total. The van der Waals surface area contributed by atoms with Gasteiger partial charge >= 0.3 is 0 Å². The lowest BCUT2D eigenvalue weighted by molar-refractivity contribution is 0.122. The van der Waals surface area contributed by atoms with Crippen LogP contribution in [0.2, 0.25) is 5.28 Å². The van der Waals surface area contributed by atoms with Crippen LogP contribution in [0.5, 0.6) is 0 Å². The van der Waals surface area contributed by atoms with E-state index in [4.69, 9.17) is 20.8 Å². The van der Waals surface area contributed by atoms with Crippen molar-refractivity contribution in [1.29, 1.82) is 0 Å². The van der Waals surface area contributed by atoms with Crippen molar-refractivity contribution in [2.45, 2.75) is 0 Å². The number of ether oxygens (including phenoxy) is 1. The molecule has 3 rings (SSSR count). The molecule has 0 bridgehead atoms. The SMILES string of the molecule is Clc1nc(-c2ccco2)nc(N2CCOCC2)n1. The van der Waals surface area contributed by atoms with E-state index in [1.54, 1.807) is 18.4 Å². The molecule has 0 atom stereocenters. The van der Waals surface area contributed by atoms with Crippen LogP contribution in [0.4, 0.5) is 5.95 Å². The van der Waals surface area contributed by atoms with E-state index in [9.17, 15) is 0 Å². The lowest BCUT2D eigenvalue weighted by Crippen LogP contribution is -2.37. The smallest absolute Gasteiger partial charge is 0.230 e. The summed E-state index contributed by atoms with van der Waals surface area (Å²) in [5, 5.41) is 0.165. The molecule has 18 heavy (non-hydrogen) atoms. The summed E-state index contributed by atoms with van der Waals surface area (Å²) in [7, 11) is 0. The van der Waals surface area contributed by atoms with Gasteiger partial charge in [-0.3, -0.25) is 0 Å². The molecule has 2 aromatic rings. The van der Waals surface area contributed by atoms with Gasteiger partial charge in [0, 0.05) is 13.1 Å². The van der Waals surface area contributed by atoms with Gasteiger partial charge in [0.2, 0.25) is 17.1 Å². The van der Waals surface area contributed by atoms with Crippen LogP contribution < -0.4 is 4.90 Å². The maximum atomic E-state index is 5.92. The van der Waals surface area contributed by atoms with Gasteiger partial charge in [-0.2, -0.15) is 15.0 Å². The largest absolute Gasteiger partial charge is 0.461 e. The summed E-state index contributed by atoms with van der Waals surface area (Å²) < 4.78 is 10.6. The Kier molecular flexibility index (Phi) is 3.12. The van der Waals surface area contributed by atoms with Crippen LogP contribution in [-0.2, 0) is 4.74 Å². The molecule has 1 aliphatic heterocycles. The molecule has 0 aliphatic carbocycles. The summed E-state index contributed by atoms with van der Waals surface area (Å²) in [5.74, 6) is 1.58. The first-order valence-corrected chi connectivity index (χ1v) is 5.99. The number of nitrogens with zero attached hydrogens (tertiary/aromatic N) is 4. The van der Waals surface area contributed by atoms with Crippen LogP contribution in [0.15, 0.2) is 22.8 Å². The van der Waals surface area contributed by atoms with Gasteiger partial charge < -0.3 is 14.1 Å². The second-order valence-corrected chi connectivity index (χ2v) is 4.14. The highest BCUT2D eigenvalue weighted by Gasteiger charge is 2.17. The minimum absolute atomic E-state index is 0.165. The van der Waals surface area contributed by atoms with Crippen LogP contribution in [0, 0.1) is 0 Å². The first-order chi connectivity index (χ1) is 8.83. The summed E-state index contributed by atoms with van der Waals surface area (Å²) in [6, 6.07) is 3.57. The number of anilines is 1. The molecule has 1 aliphatic rings. The van der Waals surface area contributed by atoms with E-state index >= 15 is 0 Å². The predicted octanol–water partition coefficient (Wildman–Crippen LogP) is 1.62. The Balaban J connectivity index is 1.95. The molecular weight excluding hydrogens is 256 g/mol. The van der Waals surface area contributed by atoms with Crippen molar-refractivity contribution in [2.24, 2.45) is 0 Å². The molecule has 0 N–H and O–H groups in total. The summed E-state index contributed by atoms with van der Waals surface area (Å²) >= 11 is 5.92. The van der Waals surface area contributed by atoms with Crippen LogP contribution in [0.3, 0.4) is 0 Å². The molecule has 2 aromatic heterocycles. The Morgan fingerprint density at radius 3 is 2.72 bits per heavy atom. The summed E-state index contributed by atoms with van der Waals surface area (Å²) in [5.41, 5.74) is 0. The third kappa shape index (κ3) is 2.30. The molecule has 0 saturated carbocycles. The minimum atomic E-state index is 0.165. The molecule has 0 aromatic carbocycles. The van der Waals surface area contributed by atoms with Crippen molar-refractivity contribution < 1.29 is 9.15 Å². The highest BCUT2D eigenvalue weighted by atomic mass is 35.5. The summed E-state index contributed by atoms with van der Waals surface area (Å²) in [6.07, 6.45) is 1.57. The Bertz CT molecular complexity index is 526. The molecule has 7 heteroatoms. The molecule has 1 fully saturated rings. The van der Waals surface area contributed by atoms with E-state index in [-0.39, 0.29) is 5.28 Å². The zero-order valence-corrected chi connectivity index (χ0v) is 10.3. The van der Waals surface area contributed by atoms with Crippen molar-refractivity contribution in [2.75, 3.05) is 31.2 Å². The Morgan fingerprint density at radius 1 is 1.17 bits per heavy atom. The third-order valence-electron chi connectivity index (χ3n) is 2.63. The molecule has 0 unspecified atom stereocenters. The quantitative estimate of drug-likeness (QED) is 0.823. The zero-order chi connectivity index (χ0) is 12.4. The fourth-order valence-electron chi connectivity index (χ4n) is 1.76. The second kappa shape index (κ2) is 4.91. The number of morpholine rings is 1. The van der Waals surface area contributed by atoms with E-state index in [1.165, 1.54) is 0 Å². The summed E-state index contributed by atoms with van der Waals surface area (Å²) in [6.45, 7) is 2.83. The number of aromatic nitrogens is 3. The maximum absolute atomic E-state index is 5.92. The predicted molar refractivity (Wildman–Crippen MR) is 65.6 cm³/mol. The lowest BCUT2D eigenvalue weighted by atomic mass is 10.4. The van der Waals surface area contributed by atoms with Crippen molar-refractivity contribution in [1.82, 2.24) is 15.0 Å². The molecule has 1 saturated heterocycles. The van der Waals surface area contributed by atoms with Crippen LogP contribution >= 0.6 is 11.6 Å². The van der Waals surface area contributed by atoms with Gasteiger partial charge in [0.05, 0.1) is 19.5 Å². The van der Waals surface area contributed by atoms with Crippen LogP contribution in [0.25, 0.3) is 11.6 Å². The number of hydrogen-bond donors (Lipinski definition) is 0. The fourth-order valence-corrected chi connectivity index (χ4v) is 1.92. The van der Waals surface area contributed by atoms with Crippen molar-refractivity contribution in [3.05, 3.63) is 23.7 Å². The molecule has 0 radical (unpaired) electrons. The number of halogens is 1. The molecular formula is C11H11ClN4O2. The van der Waals surface area contributed by atoms with E-state index in [1.807, 2.05) is 4.90 Å². The van der Waals surface area contributed by atoms with Gasteiger partial charge in [0.25, 0.3) is 0 Å². The average Bonchev–Trinajstić information content (AvgIpc) is 2.93. The number of rotatable bonds is 2. The van der Waals surface area contributed by atoms with Gasteiger partial charge in [-0.15, -0.1) is 0 Å². The molecule has 94 valence electrons. The lowest BCUT2D eigenvalue weighted by Gasteiger charge is -2.26. The Labute approximate surface area is 109 Å². The van der Waals surface area contributed by atoms with E-state index in [0.29, 0.717) is 30.7 Å². The standard InChI is InChI=1S/C11H11ClN4O2/c12-10-13-9(8-2-1-5-18-8)14-11(15-10)16-3-6-17-7-4-16/h1-2,5H,3-4,6-7H2. The first kappa shape index (κ1) is 11.4. The highest BCUT2D eigenvalue weighted by Crippen LogP contribution is 2.20. The normalized spacial score (nSPS) is 15.9. The highest BCUT2D eigenvalue weighted by molar-refractivity contribution is 6.28. The van der Waals surface area contributed by atoms with Crippen molar-refractivity contribution >= 4 is 17.5 Å². The molecule has 0 amide bonds. The van der Waals surface area contributed by atoms with Gasteiger partial charge in [-0.25, -0.2) is 0 Å². The maximum Gasteiger partial charge on any atom is 0.230 e. The van der Waals surface area contributed by atoms with E-state index in [2.05, 4.69) is 15.0 Å². The first-order valence-electron chi connectivity index (χ1n) is 5.61. The van der Waals surface area contributed by atoms with Crippen molar-refractivity contribution in [3.63, 3.8) is 0 Å². The van der Waals surface area contributed by atoms with Gasteiger partial charge in [-0.05, 0) is 23.7 Å².